The van der Waals surface area contributed by atoms with E-state index in [1.807, 2.05) is 6.07 Å². The Balaban J connectivity index is 1.85. The van der Waals surface area contributed by atoms with Crippen LogP contribution >= 0.6 is 0 Å². The number of nitrogens with zero attached hydrogens (tertiary/aromatic N) is 2. The van der Waals surface area contributed by atoms with Crippen molar-refractivity contribution in [1.29, 1.82) is 0 Å². The van der Waals surface area contributed by atoms with E-state index < -0.39 is 11.7 Å². The number of carbonyl (C=O) groups is 1. The van der Waals surface area contributed by atoms with Gasteiger partial charge in [0.25, 0.3) is 5.91 Å². The molecule has 2 aromatic carbocycles. The average molecular weight is 383 g/mol. The second-order valence-corrected chi connectivity index (χ2v) is 7.84. The maximum atomic E-state index is 13.3. The minimum absolute atomic E-state index is 0.0615. The summed E-state index contributed by atoms with van der Waals surface area (Å²) in [6.45, 7) is 6.68. The molecule has 0 aromatic heterocycles. The lowest BCUT2D eigenvalue weighted by Gasteiger charge is -2.45. The number of amides is 1. The number of halogens is 1. The molecule has 1 unspecified atom stereocenters. The van der Waals surface area contributed by atoms with E-state index in [0.29, 0.717) is 11.7 Å². The summed E-state index contributed by atoms with van der Waals surface area (Å²) in [6.07, 6.45) is 2.60. The van der Waals surface area contributed by atoms with Gasteiger partial charge in [0, 0.05) is 35.5 Å². The van der Waals surface area contributed by atoms with Crippen LogP contribution in [0.5, 0.6) is 5.75 Å². The van der Waals surface area contributed by atoms with Crippen LogP contribution in [0.25, 0.3) is 0 Å². The first-order valence-corrected chi connectivity index (χ1v) is 9.27. The van der Waals surface area contributed by atoms with Crippen LogP contribution in [0.2, 0.25) is 0 Å². The van der Waals surface area contributed by atoms with Gasteiger partial charge in [-0.2, -0.15) is 5.10 Å². The van der Waals surface area contributed by atoms with Crippen LogP contribution < -0.4 is 15.1 Å². The van der Waals surface area contributed by atoms with E-state index in [4.69, 9.17) is 4.74 Å². The molecule has 6 heteroatoms. The second-order valence-electron chi connectivity index (χ2n) is 7.84. The number of hydrazone groups is 1. The smallest absolute Gasteiger partial charge is 0.271 e. The number of rotatable bonds is 4. The minimum atomic E-state index is -0.470. The number of methoxy groups -OCH3 is 1. The summed E-state index contributed by atoms with van der Waals surface area (Å²) < 4.78 is 18.8. The zero-order valence-electron chi connectivity index (χ0n) is 16.9. The lowest BCUT2D eigenvalue weighted by molar-refractivity contribution is 0.0954. The number of benzene rings is 2. The standard InChI is InChI=1S/C22H26FN3O2/c1-14-12-22(2,3)26(4)19-11-20(28-5)16(10-18(14)19)13-24-25-21(27)15-7-6-8-17(23)9-15/h6-11,13-14H,12H2,1-5H3,(H,25,27)/b24-13-. The third-order valence-corrected chi connectivity index (χ3v) is 5.44. The fraction of sp³-hybridized carbons (Fsp3) is 0.364. The van der Waals surface area contributed by atoms with Crippen LogP contribution in [0, 0.1) is 5.82 Å². The molecule has 1 amide bonds. The van der Waals surface area contributed by atoms with Gasteiger partial charge in [-0.1, -0.05) is 13.0 Å². The van der Waals surface area contributed by atoms with Gasteiger partial charge in [0.2, 0.25) is 0 Å². The Hall–Kier alpha value is -2.89. The number of fused-ring (bicyclic) bond motifs is 1. The summed E-state index contributed by atoms with van der Waals surface area (Å²) in [4.78, 5) is 14.4. The molecule has 148 valence electrons. The highest BCUT2D eigenvalue weighted by molar-refractivity contribution is 5.95. The molecule has 0 radical (unpaired) electrons. The van der Waals surface area contributed by atoms with Crippen molar-refractivity contribution in [2.75, 3.05) is 19.1 Å². The van der Waals surface area contributed by atoms with Crippen molar-refractivity contribution in [2.24, 2.45) is 5.10 Å². The molecule has 0 aliphatic carbocycles. The summed E-state index contributed by atoms with van der Waals surface area (Å²) in [5.74, 6) is 0.136. The Kier molecular flexibility index (Phi) is 5.40. The van der Waals surface area contributed by atoms with E-state index in [0.717, 1.165) is 17.7 Å². The summed E-state index contributed by atoms with van der Waals surface area (Å²) in [7, 11) is 3.71. The Morgan fingerprint density at radius 3 is 2.79 bits per heavy atom. The highest BCUT2D eigenvalue weighted by Crippen LogP contribution is 2.44. The molecule has 1 N–H and O–H groups in total. The van der Waals surface area contributed by atoms with Gasteiger partial charge >= 0.3 is 0 Å². The Labute approximate surface area is 165 Å². The summed E-state index contributed by atoms with van der Waals surface area (Å²) in [5.41, 5.74) is 5.85. The van der Waals surface area contributed by atoms with Crippen molar-refractivity contribution in [1.82, 2.24) is 5.43 Å². The zero-order chi connectivity index (χ0) is 20.5. The van der Waals surface area contributed by atoms with E-state index in [9.17, 15) is 9.18 Å². The van der Waals surface area contributed by atoms with Crippen molar-refractivity contribution in [3.05, 3.63) is 58.9 Å². The monoisotopic (exact) mass is 383 g/mol. The molecule has 0 spiro atoms. The lowest BCUT2D eigenvalue weighted by atomic mass is 9.80. The lowest BCUT2D eigenvalue weighted by Crippen LogP contribution is -2.45. The number of hydrogen-bond acceptors (Lipinski definition) is 4. The van der Waals surface area contributed by atoms with Gasteiger partial charge in [-0.15, -0.1) is 0 Å². The molecular formula is C22H26FN3O2. The van der Waals surface area contributed by atoms with Crippen LogP contribution in [-0.2, 0) is 0 Å². The van der Waals surface area contributed by atoms with Gasteiger partial charge in [-0.05, 0) is 56.0 Å². The molecule has 1 aliphatic heterocycles. The Bertz CT molecular complexity index is 924. The molecule has 3 rings (SSSR count). The predicted octanol–water partition coefficient (Wildman–Crippen LogP) is 4.32. The largest absolute Gasteiger partial charge is 0.496 e. The number of carbonyl (C=O) groups excluding carboxylic acids is 1. The van der Waals surface area contributed by atoms with E-state index in [1.54, 1.807) is 13.3 Å². The van der Waals surface area contributed by atoms with Crippen molar-refractivity contribution >= 4 is 17.8 Å². The molecule has 28 heavy (non-hydrogen) atoms. The van der Waals surface area contributed by atoms with Crippen molar-refractivity contribution in [3.63, 3.8) is 0 Å². The van der Waals surface area contributed by atoms with E-state index >= 15 is 0 Å². The van der Waals surface area contributed by atoms with Crippen LogP contribution in [0.1, 0.15) is 54.6 Å². The molecule has 1 heterocycles. The summed E-state index contributed by atoms with van der Waals surface area (Å²) in [5, 5.41) is 4.04. The first-order valence-electron chi connectivity index (χ1n) is 9.27. The topological polar surface area (TPSA) is 53.9 Å². The first-order chi connectivity index (χ1) is 13.2. The SMILES string of the molecule is COc1cc2c(cc1/C=N\NC(=O)c1cccc(F)c1)C(C)CC(C)(C)N2C. The van der Waals surface area contributed by atoms with Crippen LogP contribution in [0.3, 0.4) is 0 Å². The van der Waals surface area contributed by atoms with Crippen molar-refractivity contribution in [2.45, 2.75) is 38.6 Å². The third-order valence-electron chi connectivity index (χ3n) is 5.44. The average Bonchev–Trinajstić information content (AvgIpc) is 2.65. The fourth-order valence-electron chi connectivity index (χ4n) is 3.74. The molecule has 0 saturated carbocycles. The number of ether oxygens (including phenoxy) is 1. The Morgan fingerprint density at radius 1 is 1.36 bits per heavy atom. The predicted molar refractivity (Wildman–Crippen MR) is 110 cm³/mol. The van der Waals surface area contributed by atoms with Crippen LogP contribution in [0.15, 0.2) is 41.5 Å². The second kappa shape index (κ2) is 7.62. The third kappa shape index (κ3) is 3.86. The number of hydrogen-bond donors (Lipinski definition) is 1. The number of nitrogens with one attached hydrogen (secondary N) is 1. The normalized spacial score (nSPS) is 18.1. The first kappa shape index (κ1) is 19.9. The van der Waals surface area contributed by atoms with Crippen molar-refractivity contribution < 1.29 is 13.9 Å². The molecule has 0 saturated heterocycles. The highest BCUT2D eigenvalue weighted by Gasteiger charge is 2.34. The maximum absolute atomic E-state index is 13.3. The minimum Gasteiger partial charge on any atom is -0.496 e. The van der Waals surface area contributed by atoms with Gasteiger partial charge in [0.1, 0.15) is 11.6 Å². The van der Waals surface area contributed by atoms with E-state index in [2.05, 4.69) is 49.3 Å². The Morgan fingerprint density at radius 2 is 2.11 bits per heavy atom. The molecule has 0 bridgehead atoms. The van der Waals surface area contributed by atoms with E-state index in [-0.39, 0.29) is 11.1 Å². The summed E-state index contributed by atoms with van der Waals surface area (Å²) >= 11 is 0. The molecule has 2 aromatic rings. The van der Waals surface area contributed by atoms with Gasteiger partial charge in [-0.25, -0.2) is 9.82 Å². The molecule has 0 fully saturated rings. The van der Waals surface area contributed by atoms with Crippen LogP contribution in [-0.4, -0.2) is 31.8 Å². The maximum Gasteiger partial charge on any atom is 0.271 e. The molecule has 5 nitrogen and oxygen atoms in total. The van der Waals surface area contributed by atoms with Crippen LogP contribution in [0.4, 0.5) is 10.1 Å². The van der Waals surface area contributed by atoms with Gasteiger partial charge in [0.05, 0.1) is 13.3 Å². The number of anilines is 1. The van der Waals surface area contributed by atoms with Gasteiger partial charge in [-0.3, -0.25) is 4.79 Å². The van der Waals surface area contributed by atoms with Gasteiger partial charge < -0.3 is 9.64 Å². The zero-order valence-corrected chi connectivity index (χ0v) is 16.9. The molecular weight excluding hydrogens is 357 g/mol. The highest BCUT2D eigenvalue weighted by atomic mass is 19.1. The summed E-state index contributed by atoms with van der Waals surface area (Å²) in [6, 6.07) is 9.55. The van der Waals surface area contributed by atoms with E-state index in [1.165, 1.54) is 29.8 Å². The fourth-order valence-corrected chi connectivity index (χ4v) is 3.74. The quantitative estimate of drug-likeness (QED) is 0.632. The van der Waals surface area contributed by atoms with Crippen molar-refractivity contribution in [3.8, 4) is 5.75 Å². The molecule has 1 aliphatic rings. The molecule has 1 atom stereocenters. The van der Waals surface area contributed by atoms with Gasteiger partial charge in [0.15, 0.2) is 0 Å².